The minimum atomic E-state index is 0.00273. The van der Waals surface area contributed by atoms with E-state index in [1.54, 1.807) is 0 Å². The highest BCUT2D eigenvalue weighted by Gasteiger charge is 2.28. The number of ether oxygens (including phenoxy) is 1. The smallest absolute Gasteiger partial charge is 0.319 e. The topological polar surface area (TPSA) is 38.3 Å². The Balaban J connectivity index is 1.56. The van der Waals surface area contributed by atoms with Gasteiger partial charge in [-0.15, -0.1) is 0 Å². The van der Waals surface area contributed by atoms with Gasteiger partial charge >= 0.3 is 5.97 Å². The van der Waals surface area contributed by atoms with E-state index in [0.717, 1.165) is 6.54 Å². The highest BCUT2D eigenvalue weighted by atomic mass is 127. The standard InChI is InChI=1S/C16H28INO2/c17-15(13-7-3-1-4-8-13)16(19)20-12-11-18-14-9-5-2-6-10-14/h13-15,18H,1-12H2. The molecule has 116 valence electrons. The molecule has 1 N–H and O–H groups in total. The molecule has 20 heavy (non-hydrogen) atoms. The molecule has 0 aromatic heterocycles. The molecule has 0 bridgehead atoms. The molecular weight excluding hydrogens is 365 g/mol. The molecule has 0 heterocycles. The van der Waals surface area contributed by atoms with E-state index >= 15 is 0 Å². The van der Waals surface area contributed by atoms with Gasteiger partial charge in [-0.3, -0.25) is 4.79 Å². The van der Waals surface area contributed by atoms with E-state index < -0.39 is 0 Å². The second kappa shape index (κ2) is 9.23. The molecule has 2 aliphatic carbocycles. The van der Waals surface area contributed by atoms with Crippen LogP contribution in [0.2, 0.25) is 0 Å². The summed E-state index contributed by atoms with van der Waals surface area (Å²) in [6.07, 6.45) is 12.9. The third kappa shape index (κ3) is 5.51. The summed E-state index contributed by atoms with van der Waals surface area (Å²) in [7, 11) is 0. The maximum atomic E-state index is 12.0. The number of carbonyl (C=O) groups is 1. The quantitative estimate of drug-likeness (QED) is 0.323. The van der Waals surface area contributed by atoms with Crippen LogP contribution in [0.3, 0.4) is 0 Å². The van der Waals surface area contributed by atoms with Gasteiger partial charge in [0.15, 0.2) is 0 Å². The molecule has 0 aliphatic heterocycles. The SMILES string of the molecule is O=C(OCCNC1CCCCC1)C(I)C1CCCCC1. The summed E-state index contributed by atoms with van der Waals surface area (Å²) < 4.78 is 5.50. The first kappa shape index (κ1) is 16.5. The van der Waals surface area contributed by atoms with Gasteiger partial charge < -0.3 is 10.1 Å². The molecule has 0 spiro atoms. The van der Waals surface area contributed by atoms with Crippen LogP contribution in [0.25, 0.3) is 0 Å². The number of nitrogens with one attached hydrogen (secondary N) is 1. The first-order valence-electron chi connectivity index (χ1n) is 8.31. The number of halogens is 1. The van der Waals surface area contributed by atoms with Crippen LogP contribution in [0.4, 0.5) is 0 Å². The fraction of sp³-hybridized carbons (Fsp3) is 0.938. The molecule has 0 radical (unpaired) electrons. The second-order valence-corrected chi connectivity index (χ2v) is 7.60. The molecule has 0 saturated heterocycles. The van der Waals surface area contributed by atoms with Crippen molar-refractivity contribution in [3.05, 3.63) is 0 Å². The Morgan fingerprint density at radius 2 is 1.65 bits per heavy atom. The molecular formula is C16H28INO2. The summed E-state index contributed by atoms with van der Waals surface area (Å²) >= 11 is 2.29. The van der Waals surface area contributed by atoms with E-state index in [2.05, 4.69) is 27.9 Å². The largest absolute Gasteiger partial charge is 0.464 e. The van der Waals surface area contributed by atoms with Crippen LogP contribution in [-0.4, -0.2) is 29.1 Å². The molecule has 2 saturated carbocycles. The third-order valence-electron chi connectivity index (χ3n) is 4.67. The van der Waals surface area contributed by atoms with Crippen LogP contribution in [0, 0.1) is 5.92 Å². The van der Waals surface area contributed by atoms with Crippen LogP contribution in [0.15, 0.2) is 0 Å². The molecule has 1 unspecified atom stereocenters. The van der Waals surface area contributed by atoms with Gasteiger partial charge in [-0.25, -0.2) is 0 Å². The Morgan fingerprint density at radius 1 is 1.05 bits per heavy atom. The number of esters is 1. The molecule has 3 nitrogen and oxygen atoms in total. The zero-order chi connectivity index (χ0) is 14.2. The highest BCUT2D eigenvalue weighted by Crippen LogP contribution is 2.30. The summed E-state index contributed by atoms with van der Waals surface area (Å²) in [5.41, 5.74) is 0. The Bertz CT molecular complexity index is 286. The van der Waals surface area contributed by atoms with E-state index in [1.807, 2.05) is 0 Å². The predicted octanol–water partition coefficient (Wildman–Crippen LogP) is 3.84. The highest BCUT2D eigenvalue weighted by molar-refractivity contribution is 14.1. The minimum Gasteiger partial charge on any atom is -0.464 e. The maximum Gasteiger partial charge on any atom is 0.319 e. The van der Waals surface area contributed by atoms with Crippen LogP contribution >= 0.6 is 22.6 Å². The van der Waals surface area contributed by atoms with Crippen molar-refractivity contribution in [3.8, 4) is 0 Å². The van der Waals surface area contributed by atoms with Crippen molar-refractivity contribution < 1.29 is 9.53 Å². The number of carbonyl (C=O) groups excluding carboxylic acids is 1. The molecule has 0 aromatic rings. The lowest BCUT2D eigenvalue weighted by atomic mass is 9.87. The van der Waals surface area contributed by atoms with Crippen molar-refractivity contribution >= 4 is 28.6 Å². The fourth-order valence-corrected chi connectivity index (χ4v) is 4.32. The van der Waals surface area contributed by atoms with Crippen molar-refractivity contribution in [1.29, 1.82) is 0 Å². The fourth-order valence-electron chi connectivity index (χ4n) is 3.42. The van der Waals surface area contributed by atoms with Crippen LogP contribution < -0.4 is 5.32 Å². The summed E-state index contributed by atoms with van der Waals surface area (Å²) in [6, 6.07) is 0.649. The van der Waals surface area contributed by atoms with E-state index in [4.69, 9.17) is 4.74 Å². The Morgan fingerprint density at radius 3 is 2.30 bits per heavy atom. The van der Waals surface area contributed by atoms with Gasteiger partial charge in [0, 0.05) is 12.6 Å². The lowest BCUT2D eigenvalue weighted by Gasteiger charge is -2.25. The molecule has 2 aliphatic rings. The Kier molecular flexibility index (Phi) is 7.63. The molecule has 2 fully saturated rings. The minimum absolute atomic E-state index is 0.00273. The molecule has 1 atom stereocenters. The summed E-state index contributed by atoms with van der Waals surface area (Å²) in [6.45, 7) is 1.34. The van der Waals surface area contributed by atoms with Crippen molar-refractivity contribution in [3.63, 3.8) is 0 Å². The van der Waals surface area contributed by atoms with Gasteiger partial charge in [0.1, 0.15) is 10.5 Å². The number of hydrogen-bond acceptors (Lipinski definition) is 3. The van der Waals surface area contributed by atoms with Crippen molar-refractivity contribution in [1.82, 2.24) is 5.32 Å². The van der Waals surface area contributed by atoms with Crippen molar-refractivity contribution in [2.45, 2.75) is 74.2 Å². The Labute approximate surface area is 136 Å². The van der Waals surface area contributed by atoms with Crippen LogP contribution in [-0.2, 0) is 9.53 Å². The zero-order valence-electron chi connectivity index (χ0n) is 12.4. The monoisotopic (exact) mass is 393 g/mol. The summed E-state index contributed by atoms with van der Waals surface area (Å²) in [5.74, 6) is 0.547. The second-order valence-electron chi connectivity index (χ2n) is 6.26. The molecule has 0 amide bonds. The van der Waals surface area contributed by atoms with Gasteiger partial charge in [0.25, 0.3) is 0 Å². The van der Waals surface area contributed by atoms with Crippen molar-refractivity contribution in [2.75, 3.05) is 13.2 Å². The van der Waals surface area contributed by atoms with E-state index in [-0.39, 0.29) is 9.89 Å². The summed E-state index contributed by atoms with van der Waals surface area (Å²) in [5, 5.41) is 3.52. The van der Waals surface area contributed by atoms with Gasteiger partial charge in [-0.1, -0.05) is 61.1 Å². The van der Waals surface area contributed by atoms with Crippen molar-refractivity contribution in [2.24, 2.45) is 5.92 Å². The molecule has 2 rings (SSSR count). The number of alkyl halides is 1. The van der Waals surface area contributed by atoms with E-state index in [1.165, 1.54) is 64.2 Å². The van der Waals surface area contributed by atoms with Gasteiger partial charge in [0.05, 0.1) is 0 Å². The zero-order valence-corrected chi connectivity index (χ0v) is 14.6. The predicted molar refractivity (Wildman–Crippen MR) is 90.2 cm³/mol. The van der Waals surface area contributed by atoms with E-state index in [0.29, 0.717) is 18.6 Å². The molecule has 4 heteroatoms. The average Bonchev–Trinajstić information content (AvgIpc) is 2.52. The average molecular weight is 393 g/mol. The summed E-state index contributed by atoms with van der Waals surface area (Å²) in [4.78, 5) is 12.0. The lowest BCUT2D eigenvalue weighted by molar-refractivity contribution is -0.143. The maximum absolute atomic E-state index is 12.0. The van der Waals surface area contributed by atoms with Gasteiger partial charge in [-0.2, -0.15) is 0 Å². The lowest BCUT2D eigenvalue weighted by Crippen LogP contribution is -2.35. The van der Waals surface area contributed by atoms with Crippen LogP contribution in [0.1, 0.15) is 64.2 Å². The first-order valence-corrected chi connectivity index (χ1v) is 9.56. The van der Waals surface area contributed by atoms with Crippen LogP contribution in [0.5, 0.6) is 0 Å². The number of rotatable bonds is 6. The van der Waals surface area contributed by atoms with Gasteiger partial charge in [-0.05, 0) is 31.6 Å². The number of hydrogen-bond donors (Lipinski definition) is 1. The van der Waals surface area contributed by atoms with E-state index in [9.17, 15) is 4.79 Å². The molecule has 0 aromatic carbocycles. The third-order valence-corrected chi connectivity index (χ3v) is 6.20. The van der Waals surface area contributed by atoms with Gasteiger partial charge in [0.2, 0.25) is 0 Å². The normalized spacial score (nSPS) is 23.4. The first-order chi connectivity index (χ1) is 9.77. The Hall–Kier alpha value is 0.160.